The van der Waals surface area contributed by atoms with Crippen molar-refractivity contribution < 1.29 is 19.4 Å². The van der Waals surface area contributed by atoms with Crippen LogP contribution < -0.4 is 9.64 Å². The van der Waals surface area contributed by atoms with E-state index in [0.29, 0.717) is 28.4 Å². The summed E-state index contributed by atoms with van der Waals surface area (Å²) in [6, 6.07) is 29.4. The van der Waals surface area contributed by atoms with Crippen molar-refractivity contribution in [3.63, 3.8) is 0 Å². The number of nitrogens with zero attached hydrogens (tertiary/aromatic N) is 2. The van der Waals surface area contributed by atoms with Crippen LogP contribution >= 0.6 is 0 Å². The number of hydrogen-bond acceptors (Lipinski definition) is 5. The molecule has 1 saturated heterocycles. The first-order valence-corrected chi connectivity index (χ1v) is 10.7. The van der Waals surface area contributed by atoms with Crippen LogP contribution in [0.1, 0.15) is 17.2 Å². The average Bonchev–Trinajstić information content (AvgIpc) is 3.16. The van der Waals surface area contributed by atoms with Gasteiger partial charge in [-0.2, -0.15) is 0 Å². The first-order valence-electron chi connectivity index (χ1n) is 10.7. The molecule has 1 aliphatic rings. The Labute approximate surface area is 196 Å². The fourth-order valence-electron chi connectivity index (χ4n) is 4.00. The van der Waals surface area contributed by atoms with Crippen molar-refractivity contribution in [2.24, 2.45) is 0 Å². The van der Waals surface area contributed by atoms with E-state index < -0.39 is 17.7 Å². The van der Waals surface area contributed by atoms with Crippen LogP contribution in [0.3, 0.4) is 0 Å². The number of hydrogen-bond donors (Lipinski definition) is 1. The molecule has 3 aromatic carbocycles. The van der Waals surface area contributed by atoms with E-state index >= 15 is 0 Å². The highest BCUT2D eigenvalue weighted by molar-refractivity contribution is 6.51. The number of aromatic nitrogens is 1. The predicted octanol–water partition coefficient (Wildman–Crippen LogP) is 5.50. The van der Waals surface area contributed by atoms with Crippen molar-refractivity contribution in [3.8, 4) is 11.5 Å². The summed E-state index contributed by atoms with van der Waals surface area (Å²) in [5.41, 5.74) is 1.05. The van der Waals surface area contributed by atoms with Gasteiger partial charge in [0.05, 0.1) is 11.6 Å². The third kappa shape index (κ3) is 3.93. The van der Waals surface area contributed by atoms with Gasteiger partial charge in [-0.25, -0.2) is 4.98 Å². The van der Waals surface area contributed by atoms with Gasteiger partial charge in [0, 0.05) is 11.8 Å². The van der Waals surface area contributed by atoms with Crippen molar-refractivity contribution in [3.05, 3.63) is 126 Å². The number of Topliss-reactive ketones (excluding diaryl/α,β-unsaturated/α-hetero) is 1. The number of para-hydroxylation sites is 1. The van der Waals surface area contributed by atoms with Gasteiger partial charge in [0.15, 0.2) is 0 Å². The van der Waals surface area contributed by atoms with Gasteiger partial charge < -0.3 is 9.84 Å². The molecular formula is C28H20N2O4. The van der Waals surface area contributed by atoms with Crippen LogP contribution in [0.15, 0.2) is 115 Å². The molecule has 34 heavy (non-hydrogen) atoms. The monoisotopic (exact) mass is 448 g/mol. The summed E-state index contributed by atoms with van der Waals surface area (Å²) in [7, 11) is 0. The van der Waals surface area contributed by atoms with Crippen LogP contribution in [0.4, 0.5) is 5.82 Å². The highest BCUT2D eigenvalue weighted by atomic mass is 16.5. The Hall–Kier alpha value is -4.71. The maximum atomic E-state index is 13.2. The van der Waals surface area contributed by atoms with E-state index in [4.69, 9.17) is 4.74 Å². The molecule has 1 fully saturated rings. The normalized spacial score (nSPS) is 17.1. The minimum atomic E-state index is -0.880. The van der Waals surface area contributed by atoms with Crippen LogP contribution in [0, 0.1) is 0 Å². The summed E-state index contributed by atoms with van der Waals surface area (Å²) in [5, 5.41) is 11.1. The molecule has 1 atom stereocenters. The van der Waals surface area contributed by atoms with E-state index in [0.717, 1.165) is 0 Å². The number of amides is 1. The van der Waals surface area contributed by atoms with Gasteiger partial charge >= 0.3 is 5.91 Å². The quantitative estimate of drug-likeness (QED) is 0.248. The molecule has 2 heterocycles. The zero-order chi connectivity index (χ0) is 23.5. The van der Waals surface area contributed by atoms with Gasteiger partial charge in [-0.05, 0) is 42.0 Å². The molecule has 0 saturated carbocycles. The van der Waals surface area contributed by atoms with Crippen molar-refractivity contribution in [1.29, 1.82) is 0 Å². The summed E-state index contributed by atoms with van der Waals surface area (Å²) < 4.78 is 5.97. The minimum absolute atomic E-state index is 0.00119. The number of anilines is 1. The molecule has 1 N–H and O–H groups in total. The van der Waals surface area contributed by atoms with Crippen molar-refractivity contribution in [2.45, 2.75) is 6.04 Å². The summed E-state index contributed by atoms with van der Waals surface area (Å²) in [5.74, 6) is -0.257. The van der Waals surface area contributed by atoms with Gasteiger partial charge in [0.1, 0.15) is 23.1 Å². The summed E-state index contributed by atoms with van der Waals surface area (Å²) in [4.78, 5) is 32.0. The van der Waals surface area contributed by atoms with E-state index in [1.165, 1.54) is 4.90 Å². The fourth-order valence-corrected chi connectivity index (χ4v) is 4.00. The Balaban J connectivity index is 1.66. The van der Waals surface area contributed by atoms with E-state index in [1.807, 2.05) is 36.4 Å². The topological polar surface area (TPSA) is 79.7 Å². The number of carbonyl (C=O) groups excluding carboxylic acids is 2. The highest BCUT2D eigenvalue weighted by Crippen LogP contribution is 2.42. The second-order valence-electron chi connectivity index (χ2n) is 7.71. The van der Waals surface area contributed by atoms with Gasteiger partial charge in [-0.3, -0.25) is 14.5 Å². The molecule has 1 aliphatic heterocycles. The largest absolute Gasteiger partial charge is 0.507 e. The van der Waals surface area contributed by atoms with Gasteiger partial charge in [-0.15, -0.1) is 0 Å². The van der Waals surface area contributed by atoms with Crippen molar-refractivity contribution in [1.82, 2.24) is 4.98 Å². The molecule has 166 valence electrons. The van der Waals surface area contributed by atoms with Crippen LogP contribution in [-0.4, -0.2) is 21.8 Å². The molecule has 1 amide bonds. The van der Waals surface area contributed by atoms with Crippen molar-refractivity contribution >= 4 is 23.3 Å². The Morgan fingerprint density at radius 2 is 1.47 bits per heavy atom. The number of aliphatic hydroxyl groups excluding tert-OH is 1. The minimum Gasteiger partial charge on any atom is -0.507 e. The first-order chi connectivity index (χ1) is 16.6. The molecule has 1 aromatic heterocycles. The second-order valence-corrected chi connectivity index (χ2v) is 7.71. The third-order valence-corrected chi connectivity index (χ3v) is 5.54. The SMILES string of the molecule is O=C1C(=O)N(c2ccccn2)[C@H](c2cccc(Oc3ccccc3)c2)C1=C(O)c1ccccc1. The summed E-state index contributed by atoms with van der Waals surface area (Å²) in [6.45, 7) is 0. The zero-order valence-electron chi connectivity index (χ0n) is 18.0. The number of rotatable bonds is 5. The Morgan fingerprint density at radius 1 is 0.794 bits per heavy atom. The molecule has 0 bridgehead atoms. The zero-order valence-corrected chi connectivity index (χ0v) is 18.0. The standard InChI is InChI=1S/C28H20N2O4/c31-26(19-10-3-1-4-11-19)24-25(30(28(33)27(24)32)23-16-7-8-17-29-23)20-12-9-15-22(18-20)34-21-13-5-2-6-14-21/h1-18,25,31H/t25-/m1/s1. The molecule has 0 aliphatic carbocycles. The van der Waals surface area contributed by atoms with Gasteiger partial charge in [-0.1, -0.05) is 66.7 Å². The van der Waals surface area contributed by atoms with Gasteiger partial charge in [0.2, 0.25) is 0 Å². The maximum absolute atomic E-state index is 13.2. The highest BCUT2D eigenvalue weighted by Gasteiger charge is 2.47. The van der Waals surface area contributed by atoms with Crippen LogP contribution in [0.5, 0.6) is 11.5 Å². The lowest BCUT2D eigenvalue weighted by Crippen LogP contribution is -2.30. The smallest absolute Gasteiger partial charge is 0.301 e. The average molecular weight is 448 g/mol. The molecule has 0 radical (unpaired) electrons. The first kappa shape index (κ1) is 21.2. The predicted molar refractivity (Wildman–Crippen MR) is 128 cm³/mol. The number of ketones is 1. The number of carbonyl (C=O) groups is 2. The Bertz CT molecular complexity index is 1370. The third-order valence-electron chi connectivity index (χ3n) is 5.54. The molecular weight excluding hydrogens is 428 g/mol. The number of benzene rings is 3. The van der Waals surface area contributed by atoms with E-state index in [9.17, 15) is 14.7 Å². The Kier molecular flexibility index (Phi) is 5.62. The lowest BCUT2D eigenvalue weighted by Gasteiger charge is -2.24. The maximum Gasteiger partial charge on any atom is 0.301 e. The van der Waals surface area contributed by atoms with Crippen LogP contribution in [0.25, 0.3) is 5.76 Å². The molecule has 0 unspecified atom stereocenters. The summed E-state index contributed by atoms with van der Waals surface area (Å²) in [6.07, 6.45) is 1.55. The molecule has 4 aromatic rings. The van der Waals surface area contributed by atoms with E-state index in [-0.39, 0.29) is 11.3 Å². The Morgan fingerprint density at radius 3 is 2.18 bits per heavy atom. The van der Waals surface area contributed by atoms with Crippen LogP contribution in [-0.2, 0) is 9.59 Å². The molecule has 5 rings (SSSR count). The van der Waals surface area contributed by atoms with Gasteiger partial charge in [0.25, 0.3) is 5.78 Å². The second kappa shape index (κ2) is 9.03. The molecule has 6 heteroatoms. The van der Waals surface area contributed by atoms with E-state index in [1.54, 1.807) is 72.9 Å². The molecule has 6 nitrogen and oxygen atoms in total. The number of aliphatic hydroxyl groups is 1. The summed E-state index contributed by atoms with van der Waals surface area (Å²) >= 11 is 0. The molecule has 0 spiro atoms. The van der Waals surface area contributed by atoms with Crippen molar-refractivity contribution in [2.75, 3.05) is 4.90 Å². The fraction of sp³-hybridized carbons (Fsp3) is 0.0357. The lowest BCUT2D eigenvalue weighted by atomic mass is 9.95. The lowest BCUT2D eigenvalue weighted by molar-refractivity contribution is -0.132. The van der Waals surface area contributed by atoms with E-state index in [2.05, 4.69) is 4.98 Å². The van der Waals surface area contributed by atoms with Crippen LogP contribution in [0.2, 0.25) is 0 Å². The number of ether oxygens (including phenoxy) is 1. The number of pyridine rings is 1.